The third kappa shape index (κ3) is 3.45. The molecule has 2 aromatic carbocycles. The van der Waals surface area contributed by atoms with Crippen LogP contribution in [0.3, 0.4) is 0 Å². The highest BCUT2D eigenvalue weighted by Gasteiger charge is 1.93. The molecule has 0 nitrogen and oxygen atoms in total. The fourth-order valence-electron chi connectivity index (χ4n) is 2.00. The van der Waals surface area contributed by atoms with Gasteiger partial charge in [-0.15, -0.1) is 0 Å². The summed E-state index contributed by atoms with van der Waals surface area (Å²) in [4.78, 5) is 0. The van der Waals surface area contributed by atoms with Crippen LogP contribution in [0.15, 0.2) is 48.5 Å². The highest BCUT2D eigenvalue weighted by Crippen LogP contribution is 2.14. The molecule has 0 bridgehead atoms. The second-order valence-electron chi connectivity index (χ2n) is 5.08. The first-order valence-electron chi connectivity index (χ1n) is 6.57. The van der Waals surface area contributed by atoms with Crippen molar-refractivity contribution in [2.45, 2.75) is 20.8 Å². The normalized spacial score (nSPS) is 12.8. The lowest BCUT2D eigenvalue weighted by Gasteiger charge is -2.01. The Morgan fingerprint density at radius 1 is 0.947 bits per heavy atom. The minimum atomic E-state index is 1.07. The van der Waals surface area contributed by atoms with Crippen molar-refractivity contribution in [1.82, 2.24) is 0 Å². The van der Waals surface area contributed by atoms with Crippen molar-refractivity contribution in [2.24, 2.45) is 0 Å². The van der Waals surface area contributed by atoms with E-state index < -0.39 is 0 Å². The van der Waals surface area contributed by atoms with Gasteiger partial charge in [-0.05, 0) is 42.3 Å². The Bertz CT molecular complexity index is 701. The Morgan fingerprint density at radius 3 is 2.26 bits per heavy atom. The van der Waals surface area contributed by atoms with Crippen LogP contribution >= 0.6 is 0 Å². The molecule has 0 saturated heterocycles. The number of benzene rings is 2. The lowest BCUT2D eigenvalue weighted by molar-refractivity contribution is 1.41. The van der Waals surface area contributed by atoms with E-state index in [2.05, 4.69) is 82.0 Å². The average molecular weight is 248 g/mol. The molecule has 0 aliphatic heterocycles. The van der Waals surface area contributed by atoms with Crippen LogP contribution in [0.2, 0.25) is 0 Å². The fraction of sp³-hybridized carbons (Fsp3) is 0.158. The zero-order valence-electron chi connectivity index (χ0n) is 11.9. The summed E-state index contributed by atoms with van der Waals surface area (Å²) in [5, 5.41) is 2.25. The summed E-state index contributed by atoms with van der Waals surface area (Å²) in [6.07, 6.45) is 4.30. The number of hydrogen-bond acceptors (Lipinski definition) is 0. The van der Waals surface area contributed by atoms with Gasteiger partial charge in [0.2, 0.25) is 0 Å². The molecule has 2 rings (SSSR count). The van der Waals surface area contributed by atoms with Crippen molar-refractivity contribution < 1.29 is 0 Å². The number of rotatable bonds is 2. The molecule has 0 spiro atoms. The topological polar surface area (TPSA) is 0 Å². The van der Waals surface area contributed by atoms with Crippen molar-refractivity contribution in [3.05, 3.63) is 75.7 Å². The SMILES string of the molecule is C=c1ccc(C)c/c1=C/C=C(\C)c1ccc(C)cc1. The van der Waals surface area contributed by atoms with E-state index in [0.717, 1.165) is 5.22 Å². The lowest BCUT2D eigenvalue weighted by Crippen LogP contribution is -2.22. The van der Waals surface area contributed by atoms with Gasteiger partial charge in [-0.25, -0.2) is 0 Å². The first kappa shape index (κ1) is 13.4. The minimum Gasteiger partial charge on any atom is -0.0912 e. The maximum absolute atomic E-state index is 4.06. The van der Waals surface area contributed by atoms with Gasteiger partial charge in [-0.3, -0.25) is 0 Å². The number of hydrogen-bond donors (Lipinski definition) is 0. The van der Waals surface area contributed by atoms with Crippen molar-refractivity contribution in [3.63, 3.8) is 0 Å². The summed E-state index contributed by atoms with van der Waals surface area (Å²) in [6, 6.07) is 14.9. The molecule has 0 radical (unpaired) electrons. The van der Waals surface area contributed by atoms with E-state index in [0.29, 0.717) is 0 Å². The summed E-state index contributed by atoms with van der Waals surface area (Å²) in [7, 11) is 0. The largest absolute Gasteiger partial charge is 0.0912 e. The average Bonchev–Trinajstić information content (AvgIpc) is 2.40. The summed E-state index contributed by atoms with van der Waals surface area (Å²) < 4.78 is 0. The molecule has 96 valence electrons. The van der Waals surface area contributed by atoms with Gasteiger partial charge in [0.15, 0.2) is 0 Å². The number of allylic oxidation sites excluding steroid dienone is 2. The Balaban J connectivity index is 2.38. The molecule has 0 aliphatic carbocycles. The smallest absolute Gasteiger partial charge is 0.0187 e. The van der Waals surface area contributed by atoms with E-state index >= 15 is 0 Å². The van der Waals surface area contributed by atoms with Gasteiger partial charge >= 0.3 is 0 Å². The molecule has 0 N–H and O–H groups in total. The maximum Gasteiger partial charge on any atom is -0.0187 e. The lowest BCUT2D eigenvalue weighted by atomic mass is 10.0. The molecule has 0 amide bonds. The molecular formula is C19H20. The van der Waals surface area contributed by atoms with Crippen LogP contribution in [0.1, 0.15) is 23.6 Å². The van der Waals surface area contributed by atoms with Crippen LogP contribution in [0.4, 0.5) is 0 Å². The molecule has 0 fully saturated rings. The first-order chi connectivity index (χ1) is 9.06. The van der Waals surface area contributed by atoms with Gasteiger partial charge in [0.05, 0.1) is 0 Å². The third-order valence-corrected chi connectivity index (χ3v) is 3.32. The van der Waals surface area contributed by atoms with Crippen molar-refractivity contribution in [1.29, 1.82) is 0 Å². The Kier molecular flexibility index (Phi) is 4.01. The van der Waals surface area contributed by atoms with Gasteiger partial charge in [-0.1, -0.05) is 72.3 Å². The minimum absolute atomic E-state index is 1.07. The summed E-state index contributed by atoms with van der Waals surface area (Å²) in [5.74, 6) is 0. The molecule has 2 aromatic rings. The molecule has 0 aromatic heterocycles. The highest BCUT2D eigenvalue weighted by molar-refractivity contribution is 5.69. The molecule has 0 saturated carbocycles. The van der Waals surface area contributed by atoms with E-state index in [4.69, 9.17) is 0 Å². The molecular weight excluding hydrogens is 228 g/mol. The third-order valence-electron chi connectivity index (χ3n) is 3.32. The van der Waals surface area contributed by atoms with Gasteiger partial charge in [-0.2, -0.15) is 0 Å². The quantitative estimate of drug-likeness (QED) is 0.762. The monoisotopic (exact) mass is 248 g/mol. The second-order valence-corrected chi connectivity index (χ2v) is 5.08. The molecule has 19 heavy (non-hydrogen) atoms. The van der Waals surface area contributed by atoms with E-state index in [1.165, 1.54) is 27.5 Å². The van der Waals surface area contributed by atoms with Gasteiger partial charge in [0.25, 0.3) is 0 Å². The van der Waals surface area contributed by atoms with Crippen LogP contribution in [0.25, 0.3) is 18.2 Å². The van der Waals surface area contributed by atoms with Crippen LogP contribution < -0.4 is 10.4 Å². The van der Waals surface area contributed by atoms with E-state index in [-0.39, 0.29) is 0 Å². The molecule has 0 atom stereocenters. The van der Waals surface area contributed by atoms with Crippen LogP contribution in [0.5, 0.6) is 0 Å². The highest BCUT2D eigenvalue weighted by atomic mass is 14.0. The Labute approximate surface area is 115 Å². The molecule has 0 aliphatic rings. The van der Waals surface area contributed by atoms with Crippen molar-refractivity contribution in [3.8, 4) is 0 Å². The van der Waals surface area contributed by atoms with E-state index in [9.17, 15) is 0 Å². The number of aryl methyl sites for hydroxylation is 2. The molecule has 0 unspecified atom stereocenters. The van der Waals surface area contributed by atoms with Crippen LogP contribution in [-0.4, -0.2) is 0 Å². The summed E-state index contributed by atoms with van der Waals surface area (Å²) >= 11 is 0. The van der Waals surface area contributed by atoms with Gasteiger partial charge in [0.1, 0.15) is 0 Å². The zero-order valence-corrected chi connectivity index (χ0v) is 11.9. The van der Waals surface area contributed by atoms with Crippen LogP contribution in [0, 0.1) is 13.8 Å². The van der Waals surface area contributed by atoms with Crippen molar-refractivity contribution >= 4 is 18.2 Å². The van der Waals surface area contributed by atoms with E-state index in [1.807, 2.05) is 0 Å². The van der Waals surface area contributed by atoms with Gasteiger partial charge in [0, 0.05) is 0 Å². The first-order valence-corrected chi connectivity index (χ1v) is 6.57. The zero-order chi connectivity index (χ0) is 13.8. The molecule has 0 heterocycles. The molecule has 0 heteroatoms. The predicted molar refractivity (Wildman–Crippen MR) is 85.2 cm³/mol. The Morgan fingerprint density at radius 2 is 1.58 bits per heavy atom. The maximum atomic E-state index is 4.06. The second kappa shape index (κ2) is 5.71. The van der Waals surface area contributed by atoms with Crippen LogP contribution in [-0.2, 0) is 0 Å². The van der Waals surface area contributed by atoms with Gasteiger partial charge < -0.3 is 0 Å². The standard InChI is InChI=1S/C19H20/c1-14-6-10-18(11-7-14)16(3)9-12-19-13-15(2)5-8-17(19)4/h5-13H,4H2,1-3H3/b16-9+,19-12-. The Hall–Kier alpha value is -2.08. The predicted octanol–water partition coefficient (Wildman–Crippen LogP) is 3.60. The fourth-order valence-corrected chi connectivity index (χ4v) is 2.00. The van der Waals surface area contributed by atoms with Crippen molar-refractivity contribution in [2.75, 3.05) is 0 Å². The summed E-state index contributed by atoms with van der Waals surface area (Å²) in [5.41, 5.74) is 5.08. The summed E-state index contributed by atoms with van der Waals surface area (Å²) in [6.45, 7) is 10.4. The van der Waals surface area contributed by atoms with E-state index in [1.54, 1.807) is 0 Å².